The highest BCUT2D eigenvalue weighted by atomic mass is 14.7. The van der Waals surface area contributed by atoms with Gasteiger partial charge in [-0.15, -0.1) is 0 Å². The van der Waals surface area contributed by atoms with Crippen molar-refractivity contribution in [3.05, 3.63) is 53.9 Å². The third-order valence-corrected chi connectivity index (χ3v) is 2.22. The van der Waals surface area contributed by atoms with Crippen molar-refractivity contribution in [1.82, 2.24) is 4.98 Å². The highest BCUT2D eigenvalue weighted by Gasteiger charge is 2.05. The summed E-state index contributed by atoms with van der Waals surface area (Å²) in [7, 11) is 0. The maximum atomic E-state index is 8.96. The van der Waals surface area contributed by atoms with Crippen LogP contribution in [0, 0.1) is 18.3 Å². The minimum atomic E-state index is 0.479. The summed E-state index contributed by atoms with van der Waals surface area (Å²) >= 11 is 0. The van der Waals surface area contributed by atoms with Crippen molar-refractivity contribution in [2.75, 3.05) is 0 Å². The SMILES string of the molecule is Cc1cnc(C#N)c(-c2ccccc2)c1. The Kier molecular flexibility index (Phi) is 2.47. The van der Waals surface area contributed by atoms with Crippen LogP contribution in [0.3, 0.4) is 0 Å². The predicted molar refractivity (Wildman–Crippen MR) is 59.1 cm³/mol. The molecule has 0 aliphatic heterocycles. The zero-order chi connectivity index (χ0) is 10.7. The Balaban J connectivity index is 2.62. The molecule has 1 aromatic heterocycles. The molecule has 0 saturated heterocycles. The summed E-state index contributed by atoms with van der Waals surface area (Å²) in [5.41, 5.74) is 3.48. The van der Waals surface area contributed by atoms with Crippen LogP contribution in [0.4, 0.5) is 0 Å². The Bertz CT molecular complexity index is 510. The summed E-state index contributed by atoms with van der Waals surface area (Å²) in [5.74, 6) is 0. The molecule has 0 spiro atoms. The van der Waals surface area contributed by atoms with Gasteiger partial charge in [-0.1, -0.05) is 30.3 Å². The average molecular weight is 194 g/mol. The van der Waals surface area contributed by atoms with E-state index in [1.165, 1.54) is 0 Å². The van der Waals surface area contributed by atoms with E-state index in [-0.39, 0.29) is 0 Å². The zero-order valence-corrected chi connectivity index (χ0v) is 8.44. The molecule has 1 heterocycles. The molecule has 0 radical (unpaired) electrons. The molecule has 0 N–H and O–H groups in total. The van der Waals surface area contributed by atoms with Crippen molar-refractivity contribution >= 4 is 0 Å². The van der Waals surface area contributed by atoms with Gasteiger partial charge in [0.25, 0.3) is 0 Å². The van der Waals surface area contributed by atoms with Crippen LogP contribution < -0.4 is 0 Å². The fraction of sp³-hybridized carbons (Fsp3) is 0.0769. The second kappa shape index (κ2) is 3.93. The van der Waals surface area contributed by atoms with Crippen LogP contribution in [0.5, 0.6) is 0 Å². The standard InChI is InChI=1S/C13H10N2/c1-10-7-12(13(8-14)15-9-10)11-5-3-2-4-6-11/h2-7,9H,1H3. The Labute approximate surface area is 88.8 Å². The van der Waals surface area contributed by atoms with E-state index in [1.54, 1.807) is 6.20 Å². The molecule has 0 amide bonds. The topological polar surface area (TPSA) is 36.7 Å². The van der Waals surface area contributed by atoms with E-state index in [9.17, 15) is 0 Å². The van der Waals surface area contributed by atoms with Gasteiger partial charge in [-0.3, -0.25) is 0 Å². The van der Waals surface area contributed by atoms with Gasteiger partial charge in [0.2, 0.25) is 0 Å². The second-order valence-electron chi connectivity index (χ2n) is 3.39. The summed E-state index contributed by atoms with van der Waals surface area (Å²) in [6.45, 7) is 1.97. The van der Waals surface area contributed by atoms with E-state index in [0.29, 0.717) is 5.69 Å². The van der Waals surface area contributed by atoms with Gasteiger partial charge in [-0.2, -0.15) is 5.26 Å². The Morgan fingerprint density at radius 2 is 1.93 bits per heavy atom. The number of nitriles is 1. The number of pyridine rings is 1. The second-order valence-corrected chi connectivity index (χ2v) is 3.39. The number of hydrogen-bond acceptors (Lipinski definition) is 2. The average Bonchev–Trinajstić information content (AvgIpc) is 2.30. The molecule has 15 heavy (non-hydrogen) atoms. The number of aromatic nitrogens is 1. The van der Waals surface area contributed by atoms with Crippen molar-refractivity contribution in [3.8, 4) is 17.2 Å². The first-order valence-corrected chi connectivity index (χ1v) is 4.73. The molecule has 1 aromatic carbocycles. The van der Waals surface area contributed by atoms with Crippen molar-refractivity contribution in [3.63, 3.8) is 0 Å². The molecular weight excluding hydrogens is 184 g/mol. The van der Waals surface area contributed by atoms with E-state index in [4.69, 9.17) is 5.26 Å². The van der Waals surface area contributed by atoms with E-state index >= 15 is 0 Å². The zero-order valence-electron chi connectivity index (χ0n) is 8.44. The molecule has 0 aliphatic rings. The smallest absolute Gasteiger partial charge is 0.148 e. The Hall–Kier alpha value is -2.14. The largest absolute Gasteiger partial charge is 0.245 e. The highest BCUT2D eigenvalue weighted by molar-refractivity contribution is 5.68. The van der Waals surface area contributed by atoms with Gasteiger partial charge < -0.3 is 0 Å². The van der Waals surface area contributed by atoms with Crippen molar-refractivity contribution in [1.29, 1.82) is 5.26 Å². The van der Waals surface area contributed by atoms with E-state index in [2.05, 4.69) is 11.1 Å². The van der Waals surface area contributed by atoms with Crippen molar-refractivity contribution in [2.24, 2.45) is 0 Å². The molecule has 0 unspecified atom stereocenters. The molecule has 2 heteroatoms. The van der Waals surface area contributed by atoms with Gasteiger partial charge in [-0.05, 0) is 24.1 Å². The van der Waals surface area contributed by atoms with Crippen molar-refractivity contribution < 1.29 is 0 Å². The fourth-order valence-corrected chi connectivity index (χ4v) is 1.50. The molecule has 2 nitrogen and oxygen atoms in total. The third kappa shape index (κ3) is 1.87. The van der Waals surface area contributed by atoms with E-state index < -0.39 is 0 Å². The Morgan fingerprint density at radius 3 is 2.60 bits per heavy atom. The fourth-order valence-electron chi connectivity index (χ4n) is 1.50. The van der Waals surface area contributed by atoms with Crippen LogP contribution >= 0.6 is 0 Å². The van der Waals surface area contributed by atoms with Crippen LogP contribution in [0.25, 0.3) is 11.1 Å². The number of nitrogens with zero attached hydrogens (tertiary/aromatic N) is 2. The molecule has 2 rings (SSSR count). The molecular formula is C13H10N2. The molecule has 72 valence electrons. The summed E-state index contributed by atoms with van der Waals surface area (Å²) < 4.78 is 0. The summed E-state index contributed by atoms with van der Waals surface area (Å²) in [6.07, 6.45) is 1.71. The lowest BCUT2D eigenvalue weighted by molar-refractivity contribution is 1.22. The lowest BCUT2D eigenvalue weighted by atomic mass is 10.0. The monoisotopic (exact) mass is 194 g/mol. The van der Waals surface area contributed by atoms with E-state index in [1.807, 2.05) is 43.3 Å². The number of benzene rings is 1. The summed E-state index contributed by atoms with van der Waals surface area (Å²) in [6, 6.07) is 13.9. The summed E-state index contributed by atoms with van der Waals surface area (Å²) in [4.78, 5) is 4.11. The number of hydrogen-bond donors (Lipinski definition) is 0. The van der Waals surface area contributed by atoms with Crippen LogP contribution in [0.1, 0.15) is 11.3 Å². The minimum Gasteiger partial charge on any atom is -0.245 e. The Morgan fingerprint density at radius 1 is 1.20 bits per heavy atom. The van der Waals surface area contributed by atoms with Gasteiger partial charge in [-0.25, -0.2) is 4.98 Å². The minimum absolute atomic E-state index is 0.479. The van der Waals surface area contributed by atoms with Crippen LogP contribution in [-0.4, -0.2) is 4.98 Å². The van der Waals surface area contributed by atoms with E-state index in [0.717, 1.165) is 16.7 Å². The van der Waals surface area contributed by atoms with Gasteiger partial charge in [0.15, 0.2) is 0 Å². The molecule has 2 aromatic rings. The van der Waals surface area contributed by atoms with Gasteiger partial charge in [0, 0.05) is 11.8 Å². The number of rotatable bonds is 1. The predicted octanol–water partition coefficient (Wildman–Crippen LogP) is 2.93. The molecule has 0 aliphatic carbocycles. The molecule has 0 atom stereocenters. The normalized spacial score (nSPS) is 9.60. The van der Waals surface area contributed by atoms with Crippen LogP contribution in [0.15, 0.2) is 42.6 Å². The third-order valence-electron chi connectivity index (χ3n) is 2.22. The van der Waals surface area contributed by atoms with Crippen molar-refractivity contribution in [2.45, 2.75) is 6.92 Å². The lowest BCUT2D eigenvalue weighted by Gasteiger charge is -2.03. The van der Waals surface area contributed by atoms with Gasteiger partial charge in [0.1, 0.15) is 11.8 Å². The first-order valence-electron chi connectivity index (χ1n) is 4.73. The molecule has 0 fully saturated rings. The maximum absolute atomic E-state index is 8.96. The first-order chi connectivity index (χ1) is 7.31. The van der Waals surface area contributed by atoms with Crippen LogP contribution in [0.2, 0.25) is 0 Å². The van der Waals surface area contributed by atoms with Crippen LogP contribution in [-0.2, 0) is 0 Å². The van der Waals surface area contributed by atoms with Gasteiger partial charge >= 0.3 is 0 Å². The molecule has 0 bridgehead atoms. The quantitative estimate of drug-likeness (QED) is 0.699. The highest BCUT2D eigenvalue weighted by Crippen LogP contribution is 2.22. The first kappa shape index (κ1) is 9.42. The summed E-state index contributed by atoms with van der Waals surface area (Å²) in [5, 5.41) is 8.96. The lowest BCUT2D eigenvalue weighted by Crippen LogP contribution is -1.89. The maximum Gasteiger partial charge on any atom is 0.148 e. The number of aryl methyl sites for hydroxylation is 1. The van der Waals surface area contributed by atoms with Gasteiger partial charge in [0.05, 0.1) is 0 Å². The molecule has 0 saturated carbocycles.